The second-order valence-electron chi connectivity index (χ2n) is 8.50. The van der Waals surface area contributed by atoms with E-state index in [2.05, 4.69) is 0 Å². The normalized spacial score (nSPS) is 16.3. The fourth-order valence-electron chi connectivity index (χ4n) is 4.50. The topological polar surface area (TPSA) is 109 Å². The van der Waals surface area contributed by atoms with Crippen LogP contribution >= 0.6 is 11.6 Å². The Balaban J connectivity index is 2.02. The van der Waals surface area contributed by atoms with E-state index in [1.54, 1.807) is 61.5 Å². The molecule has 38 heavy (non-hydrogen) atoms. The fraction of sp³-hybridized carbons (Fsp3) is 0.207. The standard InChI is InChI=1S/C29H25ClN2O6/c1-5-38-23-14-18(8-11-22(23)36-3)25-24(26(33)20-12-16(2)13-21(30)28(20)37-4)27(34)29(35)32(25)19-9-6-17(15-31)7-10-19/h6-14,25,33H,5H2,1-4H3/b26-24+. The lowest BCUT2D eigenvalue weighted by Gasteiger charge is -2.26. The zero-order valence-corrected chi connectivity index (χ0v) is 22.0. The molecular formula is C29H25ClN2O6. The first-order valence-electron chi connectivity index (χ1n) is 11.7. The molecule has 1 N–H and O–H groups in total. The Kier molecular flexibility index (Phi) is 7.60. The first-order valence-corrected chi connectivity index (χ1v) is 12.1. The van der Waals surface area contributed by atoms with Crippen LogP contribution in [0, 0.1) is 18.3 Å². The van der Waals surface area contributed by atoms with E-state index in [9.17, 15) is 20.0 Å². The van der Waals surface area contributed by atoms with Crippen molar-refractivity contribution in [2.45, 2.75) is 19.9 Å². The minimum Gasteiger partial charge on any atom is -0.507 e. The van der Waals surface area contributed by atoms with Crippen molar-refractivity contribution >= 4 is 34.7 Å². The number of amides is 1. The lowest BCUT2D eigenvalue weighted by Crippen LogP contribution is -2.29. The molecule has 0 spiro atoms. The number of rotatable bonds is 7. The van der Waals surface area contributed by atoms with Gasteiger partial charge in [0.2, 0.25) is 0 Å². The third-order valence-electron chi connectivity index (χ3n) is 6.17. The summed E-state index contributed by atoms with van der Waals surface area (Å²) in [4.78, 5) is 28.3. The average Bonchev–Trinajstić information content (AvgIpc) is 3.18. The third-order valence-corrected chi connectivity index (χ3v) is 6.45. The number of halogens is 1. The van der Waals surface area contributed by atoms with Crippen LogP contribution in [0.2, 0.25) is 5.02 Å². The summed E-state index contributed by atoms with van der Waals surface area (Å²) in [7, 11) is 2.91. The number of nitriles is 1. The molecule has 1 fully saturated rings. The fourth-order valence-corrected chi connectivity index (χ4v) is 4.85. The Hall–Kier alpha value is -4.48. The van der Waals surface area contributed by atoms with E-state index in [1.807, 2.05) is 13.0 Å². The average molecular weight is 533 g/mol. The van der Waals surface area contributed by atoms with Crippen LogP contribution in [0.1, 0.15) is 35.2 Å². The van der Waals surface area contributed by atoms with Gasteiger partial charge < -0.3 is 19.3 Å². The molecule has 1 atom stereocenters. The summed E-state index contributed by atoms with van der Waals surface area (Å²) in [5.41, 5.74) is 2.02. The molecule has 1 heterocycles. The minimum atomic E-state index is -1.03. The molecule has 8 nitrogen and oxygen atoms in total. The van der Waals surface area contributed by atoms with Crippen molar-refractivity contribution in [2.24, 2.45) is 0 Å². The molecule has 1 amide bonds. The molecule has 1 aliphatic rings. The number of nitrogens with zero attached hydrogens (tertiary/aromatic N) is 2. The summed E-state index contributed by atoms with van der Waals surface area (Å²) in [6, 6.07) is 15.6. The number of ketones is 1. The first-order chi connectivity index (χ1) is 18.2. The maximum absolute atomic E-state index is 13.5. The highest BCUT2D eigenvalue weighted by molar-refractivity contribution is 6.51. The number of aryl methyl sites for hydroxylation is 1. The largest absolute Gasteiger partial charge is 0.507 e. The third kappa shape index (κ3) is 4.64. The van der Waals surface area contributed by atoms with Crippen molar-refractivity contribution < 1.29 is 28.9 Å². The maximum atomic E-state index is 13.5. The van der Waals surface area contributed by atoms with Gasteiger partial charge in [-0.25, -0.2) is 0 Å². The molecule has 1 unspecified atom stereocenters. The van der Waals surface area contributed by atoms with Crippen LogP contribution in [0.4, 0.5) is 5.69 Å². The van der Waals surface area contributed by atoms with E-state index in [0.717, 1.165) is 5.56 Å². The zero-order chi connectivity index (χ0) is 27.6. The summed E-state index contributed by atoms with van der Waals surface area (Å²) in [6.07, 6.45) is 0. The van der Waals surface area contributed by atoms with Gasteiger partial charge in [-0.1, -0.05) is 17.7 Å². The van der Waals surface area contributed by atoms with E-state index in [4.69, 9.17) is 25.8 Å². The molecule has 0 saturated carbocycles. The maximum Gasteiger partial charge on any atom is 0.300 e. The summed E-state index contributed by atoms with van der Waals surface area (Å²) < 4.78 is 16.6. The molecule has 0 aromatic heterocycles. The number of aliphatic hydroxyl groups excluding tert-OH is 1. The molecule has 0 radical (unpaired) electrons. The van der Waals surface area contributed by atoms with Crippen LogP contribution in [0.25, 0.3) is 5.76 Å². The van der Waals surface area contributed by atoms with Gasteiger partial charge in [0.15, 0.2) is 11.5 Å². The number of anilines is 1. The van der Waals surface area contributed by atoms with Crippen LogP contribution in [0.15, 0.2) is 60.2 Å². The second kappa shape index (κ2) is 10.9. The van der Waals surface area contributed by atoms with Gasteiger partial charge in [0.1, 0.15) is 11.5 Å². The van der Waals surface area contributed by atoms with Gasteiger partial charge in [0.05, 0.1) is 54.7 Å². The number of hydrogen-bond acceptors (Lipinski definition) is 7. The van der Waals surface area contributed by atoms with E-state index in [0.29, 0.717) is 34.9 Å². The van der Waals surface area contributed by atoms with E-state index >= 15 is 0 Å². The van der Waals surface area contributed by atoms with E-state index in [1.165, 1.54) is 19.1 Å². The van der Waals surface area contributed by atoms with Crippen LogP contribution < -0.4 is 19.1 Å². The molecule has 194 valence electrons. The number of carbonyl (C=O) groups excluding carboxylic acids is 2. The first kappa shape index (κ1) is 26.6. The second-order valence-corrected chi connectivity index (χ2v) is 8.91. The minimum absolute atomic E-state index is 0.146. The molecule has 1 saturated heterocycles. The number of ether oxygens (including phenoxy) is 3. The Labute approximate surface area is 225 Å². The highest BCUT2D eigenvalue weighted by atomic mass is 35.5. The van der Waals surface area contributed by atoms with Gasteiger partial charge in [0.25, 0.3) is 11.7 Å². The Bertz CT molecular complexity index is 1490. The van der Waals surface area contributed by atoms with Gasteiger partial charge >= 0.3 is 0 Å². The number of aliphatic hydroxyl groups is 1. The Morgan fingerprint density at radius 2 is 1.76 bits per heavy atom. The number of carbonyl (C=O) groups is 2. The molecule has 0 bridgehead atoms. The quantitative estimate of drug-likeness (QED) is 0.241. The van der Waals surface area contributed by atoms with Crippen molar-refractivity contribution in [3.63, 3.8) is 0 Å². The van der Waals surface area contributed by atoms with E-state index < -0.39 is 23.5 Å². The lowest BCUT2D eigenvalue weighted by atomic mass is 9.94. The molecule has 3 aromatic carbocycles. The molecule has 0 aliphatic carbocycles. The van der Waals surface area contributed by atoms with Crippen molar-refractivity contribution in [1.82, 2.24) is 0 Å². The van der Waals surface area contributed by atoms with Crippen molar-refractivity contribution in [2.75, 3.05) is 25.7 Å². The summed E-state index contributed by atoms with van der Waals surface area (Å²) in [6.45, 7) is 3.96. The van der Waals surface area contributed by atoms with Gasteiger partial charge in [0, 0.05) is 5.69 Å². The number of methoxy groups -OCH3 is 2. The van der Waals surface area contributed by atoms with E-state index in [-0.39, 0.29) is 21.9 Å². The molecule has 4 rings (SSSR count). The summed E-state index contributed by atoms with van der Waals surface area (Å²) in [5, 5.41) is 21.0. The van der Waals surface area contributed by atoms with Gasteiger partial charge in [-0.3, -0.25) is 14.5 Å². The van der Waals surface area contributed by atoms with Crippen molar-refractivity contribution in [1.29, 1.82) is 5.26 Å². The number of benzene rings is 3. The molecular weight excluding hydrogens is 508 g/mol. The summed E-state index contributed by atoms with van der Waals surface area (Å²) in [5.74, 6) is -1.10. The number of hydrogen-bond donors (Lipinski definition) is 1. The monoisotopic (exact) mass is 532 g/mol. The van der Waals surface area contributed by atoms with Gasteiger partial charge in [-0.05, 0) is 73.5 Å². The predicted octanol–water partition coefficient (Wildman–Crippen LogP) is 5.56. The molecule has 3 aromatic rings. The van der Waals surface area contributed by atoms with Gasteiger partial charge in [-0.15, -0.1) is 0 Å². The van der Waals surface area contributed by atoms with Crippen molar-refractivity contribution in [3.8, 4) is 23.3 Å². The lowest BCUT2D eigenvalue weighted by molar-refractivity contribution is -0.132. The van der Waals surface area contributed by atoms with Crippen LogP contribution in [-0.2, 0) is 9.59 Å². The smallest absolute Gasteiger partial charge is 0.300 e. The number of Topliss-reactive ketones (excluding diaryl/α,β-unsaturated/α-hetero) is 1. The van der Waals surface area contributed by atoms with Gasteiger partial charge in [-0.2, -0.15) is 5.26 Å². The summed E-state index contributed by atoms with van der Waals surface area (Å²) >= 11 is 6.37. The molecule has 9 heteroatoms. The highest BCUT2D eigenvalue weighted by Crippen LogP contribution is 2.46. The highest BCUT2D eigenvalue weighted by Gasteiger charge is 2.47. The van der Waals surface area contributed by atoms with Crippen LogP contribution in [0.5, 0.6) is 17.2 Å². The SMILES string of the molecule is CCOc1cc(C2/C(=C(\O)c3cc(C)cc(Cl)c3OC)C(=O)C(=O)N2c2ccc(C#N)cc2)ccc1OC. The Morgan fingerprint density at radius 3 is 2.37 bits per heavy atom. The Morgan fingerprint density at radius 1 is 1.05 bits per heavy atom. The zero-order valence-electron chi connectivity index (χ0n) is 21.2. The predicted molar refractivity (Wildman–Crippen MR) is 143 cm³/mol. The van der Waals surface area contributed by atoms with Crippen molar-refractivity contribution in [3.05, 3.63) is 87.4 Å². The van der Waals surface area contributed by atoms with Crippen LogP contribution in [0.3, 0.4) is 0 Å². The van der Waals surface area contributed by atoms with Crippen LogP contribution in [-0.4, -0.2) is 37.6 Å². The molecule has 1 aliphatic heterocycles.